The van der Waals surface area contributed by atoms with Crippen LogP contribution < -0.4 is 0 Å². The lowest BCUT2D eigenvalue weighted by Crippen LogP contribution is -2.49. The lowest BCUT2D eigenvalue weighted by Gasteiger charge is -2.39. The van der Waals surface area contributed by atoms with Crippen molar-refractivity contribution in [3.63, 3.8) is 0 Å². The molecule has 0 aromatic heterocycles. The fourth-order valence-corrected chi connectivity index (χ4v) is 5.61. The molecule has 1 aliphatic heterocycles. The van der Waals surface area contributed by atoms with Gasteiger partial charge >= 0.3 is 5.97 Å². The molecule has 31 heavy (non-hydrogen) atoms. The first-order valence-corrected chi connectivity index (χ1v) is 12.2. The highest BCUT2D eigenvalue weighted by Gasteiger charge is 2.33. The minimum absolute atomic E-state index is 0.0520. The van der Waals surface area contributed by atoms with Crippen molar-refractivity contribution in [2.75, 3.05) is 20.2 Å². The summed E-state index contributed by atoms with van der Waals surface area (Å²) in [6.07, 6.45) is 8.07. The minimum Gasteiger partial charge on any atom is -0.469 e. The predicted octanol–water partition coefficient (Wildman–Crippen LogP) is 6.23. The number of carbonyl (C=O) groups is 1. The van der Waals surface area contributed by atoms with E-state index in [1.165, 1.54) is 67.5 Å². The van der Waals surface area contributed by atoms with E-state index in [4.69, 9.17) is 4.74 Å². The molecule has 2 fully saturated rings. The molecule has 0 spiro atoms. The van der Waals surface area contributed by atoms with Gasteiger partial charge in [0.25, 0.3) is 0 Å². The van der Waals surface area contributed by atoms with Crippen molar-refractivity contribution in [3.8, 4) is 0 Å². The molecule has 1 aliphatic carbocycles. The fraction of sp³-hybridized carbons (Fsp3) is 0.607. The van der Waals surface area contributed by atoms with Crippen molar-refractivity contribution in [2.24, 2.45) is 23.2 Å². The average molecular weight is 422 g/mol. The van der Waals surface area contributed by atoms with Gasteiger partial charge in [-0.3, -0.25) is 9.69 Å². The van der Waals surface area contributed by atoms with Crippen LogP contribution in [0.3, 0.4) is 0 Å². The largest absolute Gasteiger partial charge is 0.469 e. The SMILES string of the molecule is CCC(C)(C)C1CCC(Cc2ccc3cc(CN4CC(C(=O)OC)C4)ccc3c2)CC1. The van der Waals surface area contributed by atoms with E-state index in [-0.39, 0.29) is 11.9 Å². The number of fused-ring (bicyclic) bond motifs is 1. The van der Waals surface area contributed by atoms with Crippen molar-refractivity contribution in [2.45, 2.75) is 65.8 Å². The van der Waals surface area contributed by atoms with Gasteiger partial charge in [0.15, 0.2) is 0 Å². The molecule has 2 aliphatic rings. The Kier molecular flexibility index (Phi) is 6.71. The molecule has 168 valence electrons. The van der Waals surface area contributed by atoms with E-state index in [1.807, 2.05) is 0 Å². The van der Waals surface area contributed by atoms with E-state index in [2.05, 4.69) is 62.1 Å². The van der Waals surface area contributed by atoms with Crippen LogP contribution in [0, 0.1) is 23.2 Å². The van der Waals surface area contributed by atoms with Crippen LogP contribution in [0.5, 0.6) is 0 Å². The predicted molar refractivity (Wildman–Crippen MR) is 128 cm³/mol. The number of methoxy groups -OCH3 is 1. The molecule has 3 heteroatoms. The molecule has 0 unspecified atom stereocenters. The summed E-state index contributed by atoms with van der Waals surface area (Å²) in [7, 11) is 1.47. The summed E-state index contributed by atoms with van der Waals surface area (Å²) < 4.78 is 4.84. The van der Waals surface area contributed by atoms with Gasteiger partial charge in [0.2, 0.25) is 0 Å². The number of likely N-dealkylation sites (tertiary alicyclic amines) is 1. The van der Waals surface area contributed by atoms with Crippen LogP contribution >= 0.6 is 0 Å². The van der Waals surface area contributed by atoms with Gasteiger partial charge in [-0.1, -0.05) is 57.5 Å². The Morgan fingerprint density at radius 2 is 1.61 bits per heavy atom. The number of ether oxygens (including phenoxy) is 1. The molecule has 0 atom stereocenters. The summed E-state index contributed by atoms with van der Waals surface area (Å²) in [6, 6.07) is 13.9. The summed E-state index contributed by atoms with van der Waals surface area (Å²) in [6.45, 7) is 9.77. The molecule has 0 radical (unpaired) electrons. The van der Waals surface area contributed by atoms with E-state index >= 15 is 0 Å². The zero-order valence-electron chi connectivity index (χ0n) is 19.8. The number of benzene rings is 2. The quantitative estimate of drug-likeness (QED) is 0.496. The molecule has 2 aromatic rings. The third-order valence-corrected chi connectivity index (χ3v) is 8.25. The maximum atomic E-state index is 11.6. The summed E-state index contributed by atoms with van der Waals surface area (Å²) in [4.78, 5) is 13.9. The van der Waals surface area contributed by atoms with Crippen LogP contribution in [-0.2, 0) is 22.5 Å². The van der Waals surface area contributed by atoms with Crippen LogP contribution in [0.2, 0.25) is 0 Å². The van der Waals surface area contributed by atoms with Crippen LogP contribution in [0.25, 0.3) is 10.8 Å². The first-order valence-electron chi connectivity index (χ1n) is 12.2. The average Bonchev–Trinajstić information content (AvgIpc) is 2.76. The van der Waals surface area contributed by atoms with Gasteiger partial charge < -0.3 is 4.74 Å². The monoisotopic (exact) mass is 421 g/mol. The summed E-state index contributed by atoms with van der Waals surface area (Å²) in [5.74, 6) is 1.72. The first kappa shape index (κ1) is 22.3. The summed E-state index contributed by atoms with van der Waals surface area (Å²) in [5.41, 5.74) is 3.31. The van der Waals surface area contributed by atoms with Gasteiger partial charge in [-0.2, -0.15) is 0 Å². The van der Waals surface area contributed by atoms with Crippen LogP contribution in [-0.4, -0.2) is 31.1 Å². The summed E-state index contributed by atoms with van der Waals surface area (Å²) in [5, 5.41) is 2.66. The Morgan fingerprint density at radius 3 is 2.23 bits per heavy atom. The molecule has 0 N–H and O–H groups in total. The summed E-state index contributed by atoms with van der Waals surface area (Å²) >= 11 is 0. The second-order valence-electron chi connectivity index (χ2n) is 10.7. The van der Waals surface area contributed by atoms with Gasteiger partial charge in [-0.25, -0.2) is 0 Å². The van der Waals surface area contributed by atoms with Crippen LogP contribution in [0.1, 0.15) is 64.0 Å². The highest BCUT2D eigenvalue weighted by molar-refractivity contribution is 5.83. The van der Waals surface area contributed by atoms with Gasteiger partial charge in [0.05, 0.1) is 13.0 Å². The normalized spacial score (nSPS) is 23.0. The molecular formula is C28H39NO2. The molecule has 2 aromatic carbocycles. The van der Waals surface area contributed by atoms with Gasteiger partial charge in [0, 0.05) is 19.6 Å². The zero-order valence-corrected chi connectivity index (χ0v) is 19.8. The number of carbonyl (C=O) groups excluding carboxylic acids is 1. The van der Waals surface area contributed by atoms with Gasteiger partial charge in [-0.15, -0.1) is 0 Å². The van der Waals surface area contributed by atoms with Crippen molar-refractivity contribution >= 4 is 16.7 Å². The topological polar surface area (TPSA) is 29.5 Å². The maximum Gasteiger partial charge on any atom is 0.311 e. The van der Waals surface area contributed by atoms with E-state index in [0.717, 1.165) is 31.5 Å². The van der Waals surface area contributed by atoms with Gasteiger partial charge in [0.1, 0.15) is 0 Å². The van der Waals surface area contributed by atoms with E-state index < -0.39 is 0 Å². The number of nitrogens with zero attached hydrogens (tertiary/aromatic N) is 1. The standard InChI is InChI=1S/C28H39NO2/c1-5-28(2,3)26-12-8-20(9-13-26)14-21-6-10-24-16-22(7-11-23(24)15-21)17-29-18-25(19-29)27(30)31-4/h6-7,10-11,15-16,20,25-26H,5,8-9,12-14,17-19H2,1-4H3. The zero-order chi connectivity index (χ0) is 22.0. The first-order chi connectivity index (χ1) is 14.9. The minimum atomic E-state index is -0.0788. The number of esters is 1. The number of hydrogen-bond acceptors (Lipinski definition) is 3. The van der Waals surface area contributed by atoms with E-state index in [0.29, 0.717) is 5.41 Å². The lowest BCUT2D eigenvalue weighted by molar-refractivity contribution is -0.151. The van der Waals surface area contributed by atoms with Crippen LogP contribution in [0.15, 0.2) is 36.4 Å². The molecule has 1 saturated carbocycles. The number of rotatable bonds is 7. The van der Waals surface area contributed by atoms with Crippen molar-refractivity contribution in [1.29, 1.82) is 0 Å². The lowest BCUT2D eigenvalue weighted by atomic mass is 9.67. The number of hydrogen-bond donors (Lipinski definition) is 0. The van der Waals surface area contributed by atoms with Crippen molar-refractivity contribution in [3.05, 3.63) is 47.5 Å². The second kappa shape index (κ2) is 9.32. The highest BCUT2D eigenvalue weighted by atomic mass is 16.5. The Morgan fingerprint density at radius 1 is 1.00 bits per heavy atom. The second-order valence-corrected chi connectivity index (χ2v) is 10.7. The third kappa shape index (κ3) is 5.14. The maximum absolute atomic E-state index is 11.6. The molecule has 1 heterocycles. The molecule has 0 bridgehead atoms. The van der Waals surface area contributed by atoms with Crippen molar-refractivity contribution in [1.82, 2.24) is 4.90 Å². The smallest absolute Gasteiger partial charge is 0.311 e. The van der Waals surface area contributed by atoms with Crippen molar-refractivity contribution < 1.29 is 9.53 Å². The fourth-order valence-electron chi connectivity index (χ4n) is 5.61. The molecule has 3 nitrogen and oxygen atoms in total. The van der Waals surface area contributed by atoms with E-state index in [9.17, 15) is 4.79 Å². The highest BCUT2D eigenvalue weighted by Crippen LogP contribution is 2.42. The molecule has 0 amide bonds. The van der Waals surface area contributed by atoms with Gasteiger partial charge in [-0.05, 0) is 77.3 Å². The van der Waals surface area contributed by atoms with Crippen LogP contribution in [0.4, 0.5) is 0 Å². The van der Waals surface area contributed by atoms with E-state index in [1.54, 1.807) is 0 Å². The molecular weight excluding hydrogens is 382 g/mol. The Labute approximate surface area is 188 Å². The molecule has 4 rings (SSSR count). The Balaban J connectivity index is 1.32. The molecule has 1 saturated heterocycles. The Hall–Kier alpha value is -1.87. The third-order valence-electron chi connectivity index (χ3n) is 8.25. The Bertz CT molecular complexity index is 904.